The summed E-state index contributed by atoms with van der Waals surface area (Å²) < 4.78 is 11.5. The molecule has 0 aromatic heterocycles. The molecule has 0 radical (unpaired) electrons. The van der Waals surface area contributed by atoms with E-state index in [2.05, 4.69) is 10.5 Å². The van der Waals surface area contributed by atoms with Crippen LogP contribution in [0.5, 0.6) is 11.5 Å². The summed E-state index contributed by atoms with van der Waals surface area (Å²) in [6.45, 7) is 5.96. The van der Waals surface area contributed by atoms with E-state index in [1.165, 1.54) is 5.56 Å². The quantitative estimate of drug-likeness (QED) is 0.672. The molecule has 3 rings (SSSR count). The zero-order chi connectivity index (χ0) is 17.9. The van der Waals surface area contributed by atoms with Gasteiger partial charge in [-0.05, 0) is 32.4 Å². The summed E-state index contributed by atoms with van der Waals surface area (Å²) in [6.07, 6.45) is 2.43. The van der Waals surface area contributed by atoms with Gasteiger partial charge in [-0.15, -0.1) is 0 Å². The third-order valence-electron chi connectivity index (χ3n) is 3.89. The highest BCUT2D eigenvalue weighted by Gasteiger charge is 2.32. The molecule has 5 heteroatoms. The molecule has 0 saturated heterocycles. The number of hydrogen-bond acceptors (Lipinski definition) is 4. The predicted molar refractivity (Wildman–Crippen MR) is 97.3 cm³/mol. The van der Waals surface area contributed by atoms with Gasteiger partial charge < -0.3 is 9.47 Å². The van der Waals surface area contributed by atoms with Gasteiger partial charge in [-0.2, -0.15) is 5.10 Å². The fraction of sp³-hybridized carbons (Fsp3) is 0.300. The molecule has 2 aromatic carbocycles. The fourth-order valence-corrected chi connectivity index (χ4v) is 2.71. The number of fused-ring (bicyclic) bond motifs is 1. The molecule has 25 heavy (non-hydrogen) atoms. The average Bonchev–Trinajstić information content (AvgIpc) is 2.89. The van der Waals surface area contributed by atoms with Gasteiger partial charge in [0.25, 0.3) is 5.91 Å². The highest BCUT2D eigenvalue weighted by atomic mass is 16.5. The van der Waals surface area contributed by atoms with Crippen molar-refractivity contribution in [1.82, 2.24) is 5.43 Å². The molecule has 5 nitrogen and oxygen atoms in total. The van der Waals surface area contributed by atoms with Gasteiger partial charge >= 0.3 is 0 Å². The zero-order valence-corrected chi connectivity index (χ0v) is 14.7. The smallest absolute Gasteiger partial charge is 0.277 e. The second kappa shape index (κ2) is 6.97. The number of rotatable bonds is 5. The standard InChI is InChI=1S/C20H22N2O3/c1-14-7-9-15(10-8-14)12-21-22-18(23)13-24-17-6-4-5-16-11-20(2,3)25-19(16)17/h4-10,12H,11,13H2,1-3H3,(H,22,23). The Labute approximate surface area is 147 Å². The summed E-state index contributed by atoms with van der Waals surface area (Å²) in [6, 6.07) is 13.6. The number of aryl methyl sites for hydroxylation is 1. The number of para-hydroxylation sites is 1. The number of nitrogens with zero attached hydrogens (tertiary/aromatic N) is 1. The van der Waals surface area contributed by atoms with E-state index in [0.29, 0.717) is 5.75 Å². The number of nitrogens with one attached hydrogen (secondary N) is 1. The maximum atomic E-state index is 11.9. The molecule has 0 spiro atoms. The molecule has 1 N–H and O–H groups in total. The van der Waals surface area contributed by atoms with Gasteiger partial charge in [0, 0.05) is 12.0 Å². The van der Waals surface area contributed by atoms with Crippen molar-refractivity contribution in [3.8, 4) is 11.5 Å². The van der Waals surface area contributed by atoms with E-state index in [4.69, 9.17) is 9.47 Å². The van der Waals surface area contributed by atoms with Crippen LogP contribution >= 0.6 is 0 Å². The number of hydrazone groups is 1. The summed E-state index contributed by atoms with van der Waals surface area (Å²) in [7, 11) is 0. The second-order valence-electron chi connectivity index (χ2n) is 6.78. The van der Waals surface area contributed by atoms with Gasteiger partial charge in [-0.3, -0.25) is 4.79 Å². The molecule has 0 atom stereocenters. The van der Waals surface area contributed by atoms with Gasteiger partial charge in [0.2, 0.25) is 0 Å². The first-order valence-corrected chi connectivity index (χ1v) is 8.25. The van der Waals surface area contributed by atoms with Crippen molar-refractivity contribution >= 4 is 12.1 Å². The molecule has 0 fully saturated rings. The van der Waals surface area contributed by atoms with Crippen molar-refractivity contribution < 1.29 is 14.3 Å². The van der Waals surface area contributed by atoms with Gasteiger partial charge in [-0.1, -0.05) is 42.0 Å². The minimum atomic E-state index is -0.321. The molecule has 0 unspecified atom stereocenters. The van der Waals surface area contributed by atoms with Crippen LogP contribution in [0.2, 0.25) is 0 Å². The molecule has 0 bridgehead atoms. The van der Waals surface area contributed by atoms with Crippen LogP contribution in [0.4, 0.5) is 0 Å². The summed E-state index contributed by atoms with van der Waals surface area (Å²) >= 11 is 0. The SMILES string of the molecule is Cc1ccc(C=NNC(=O)COc2cccc3c2OC(C)(C)C3)cc1. The predicted octanol–water partition coefficient (Wildman–Crippen LogP) is 3.24. The van der Waals surface area contributed by atoms with Gasteiger partial charge in [-0.25, -0.2) is 5.43 Å². The minimum absolute atomic E-state index is 0.120. The number of carbonyl (C=O) groups excluding carboxylic acids is 1. The van der Waals surface area contributed by atoms with Crippen molar-refractivity contribution in [3.63, 3.8) is 0 Å². The first-order chi connectivity index (χ1) is 11.9. The van der Waals surface area contributed by atoms with Crippen molar-refractivity contribution in [1.29, 1.82) is 0 Å². The molecule has 0 saturated carbocycles. The molecule has 130 valence electrons. The Hall–Kier alpha value is -2.82. The van der Waals surface area contributed by atoms with Crippen molar-refractivity contribution in [2.75, 3.05) is 6.61 Å². The van der Waals surface area contributed by atoms with E-state index in [1.807, 2.05) is 63.2 Å². The zero-order valence-electron chi connectivity index (χ0n) is 14.7. The van der Waals surface area contributed by atoms with E-state index in [0.717, 1.165) is 23.3 Å². The topological polar surface area (TPSA) is 59.9 Å². The fourth-order valence-electron chi connectivity index (χ4n) is 2.71. The lowest BCUT2D eigenvalue weighted by Gasteiger charge is -2.18. The summed E-state index contributed by atoms with van der Waals surface area (Å²) in [5, 5.41) is 3.94. The van der Waals surface area contributed by atoms with E-state index >= 15 is 0 Å². The van der Waals surface area contributed by atoms with Crippen LogP contribution in [0.15, 0.2) is 47.6 Å². The lowest BCUT2D eigenvalue weighted by Crippen LogP contribution is -2.26. The van der Waals surface area contributed by atoms with E-state index < -0.39 is 0 Å². The Bertz CT molecular complexity index is 795. The number of hydrogen-bond donors (Lipinski definition) is 1. The van der Waals surface area contributed by atoms with Gasteiger partial charge in [0.05, 0.1) is 6.21 Å². The molecule has 0 aliphatic carbocycles. The third kappa shape index (κ3) is 4.38. The molecule has 1 heterocycles. The highest BCUT2D eigenvalue weighted by Crippen LogP contribution is 2.41. The average molecular weight is 338 g/mol. The lowest BCUT2D eigenvalue weighted by atomic mass is 10.0. The Kier molecular flexibility index (Phi) is 4.74. The molecule has 2 aromatic rings. The largest absolute Gasteiger partial charge is 0.483 e. The van der Waals surface area contributed by atoms with E-state index in [-0.39, 0.29) is 18.1 Å². The summed E-state index contributed by atoms with van der Waals surface area (Å²) in [4.78, 5) is 11.9. The maximum absolute atomic E-state index is 11.9. The van der Waals surface area contributed by atoms with Crippen LogP contribution in [0, 0.1) is 6.92 Å². The Balaban J connectivity index is 1.54. The Morgan fingerprint density at radius 3 is 2.80 bits per heavy atom. The first kappa shape index (κ1) is 17.0. The molecule has 1 aliphatic heterocycles. The van der Waals surface area contributed by atoms with Crippen molar-refractivity contribution in [3.05, 3.63) is 59.2 Å². The number of benzene rings is 2. The van der Waals surface area contributed by atoms with E-state index in [1.54, 1.807) is 6.21 Å². The highest BCUT2D eigenvalue weighted by molar-refractivity contribution is 5.83. The van der Waals surface area contributed by atoms with Gasteiger partial charge in [0.1, 0.15) is 5.60 Å². The summed E-state index contributed by atoms with van der Waals surface area (Å²) in [5.41, 5.74) is 5.41. The Morgan fingerprint density at radius 2 is 2.04 bits per heavy atom. The summed E-state index contributed by atoms with van der Waals surface area (Å²) in [5.74, 6) is 0.988. The monoisotopic (exact) mass is 338 g/mol. The van der Waals surface area contributed by atoms with Gasteiger partial charge in [0.15, 0.2) is 18.1 Å². The molecule has 1 aliphatic rings. The number of ether oxygens (including phenoxy) is 2. The molecule has 1 amide bonds. The van der Waals surface area contributed by atoms with Crippen LogP contribution in [-0.4, -0.2) is 24.3 Å². The normalized spacial score (nSPS) is 14.8. The molecular weight excluding hydrogens is 316 g/mol. The van der Waals surface area contributed by atoms with Crippen LogP contribution in [-0.2, 0) is 11.2 Å². The lowest BCUT2D eigenvalue weighted by molar-refractivity contribution is -0.123. The third-order valence-corrected chi connectivity index (χ3v) is 3.89. The van der Waals surface area contributed by atoms with Crippen LogP contribution in [0.3, 0.4) is 0 Å². The van der Waals surface area contributed by atoms with E-state index in [9.17, 15) is 4.79 Å². The minimum Gasteiger partial charge on any atom is -0.483 e. The number of carbonyl (C=O) groups is 1. The van der Waals surface area contributed by atoms with Crippen molar-refractivity contribution in [2.24, 2.45) is 5.10 Å². The second-order valence-corrected chi connectivity index (χ2v) is 6.78. The first-order valence-electron chi connectivity index (χ1n) is 8.25. The maximum Gasteiger partial charge on any atom is 0.277 e. The number of amides is 1. The Morgan fingerprint density at radius 1 is 1.28 bits per heavy atom. The van der Waals surface area contributed by atoms with Crippen molar-refractivity contribution in [2.45, 2.75) is 32.8 Å². The van der Waals surface area contributed by atoms with Crippen LogP contribution < -0.4 is 14.9 Å². The molecular formula is C20H22N2O3. The van der Waals surface area contributed by atoms with Crippen LogP contribution in [0.1, 0.15) is 30.5 Å². The van der Waals surface area contributed by atoms with Crippen LogP contribution in [0.25, 0.3) is 0 Å².